The minimum absolute atomic E-state index is 0.00130. The van der Waals surface area contributed by atoms with Gasteiger partial charge in [-0.3, -0.25) is 4.79 Å². The number of benzene rings is 1. The quantitative estimate of drug-likeness (QED) is 0.883. The maximum absolute atomic E-state index is 12.2. The molecule has 3 nitrogen and oxygen atoms in total. The van der Waals surface area contributed by atoms with Crippen molar-refractivity contribution in [2.24, 2.45) is 5.73 Å². The standard InChI is InChI=1S/C17H24N2O/c1-12(2)14-5-4-6-15(11-14)19-16(20)13-7-9-17(3,18)10-8-13/h4-7,11-12H,8-10,18H2,1-3H3,(H,19,20). The van der Waals surface area contributed by atoms with Crippen LogP contribution < -0.4 is 11.1 Å². The van der Waals surface area contributed by atoms with Crippen LogP contribution in [0.15, 0.2) is 35.9 Å². The molecule has 0 heterocycles. The molecule has 0 saturated carbocycles. The maximum atomic E-state index is 12.2. The predicted molar refractivity (Wildman–Crippen MR) is 83.7 cm³/mol. The number of rotatable bonds is 3. The van der Waals surface area contributed by atoms with Crippen molar-refractivity contribution in [2.75, 3.05) is 5.32 Å². The van der Waals surface area contributed by atoms with Crippen molar-refractivity contribution in [3.05, 3.63) is 41.5 Å². The molecule has 1 aromatic carbocycles. The highest BCUT2D eigenvalue weighted by molar-refractivity contribution is 6.03. The largest absolute Gasteiger partial charge is 0.325 e. The van der Waals surface area contributed by atoms with Gasteiger partial charge in [-0.25, -0.2) is 0 Å². The molecule has 1 atom stereocenters. The molecule has 1 aliphatic rings. The Balaban J connectivity index is 2.05. The summed E-state index contributed by atoms with van der Waals surface area (Å²) in [6, 6.07) is 8.04. The summed E-state index contributed by atoms with van der Waals surface area (Å²) in [7, 11) is 0. The van der Waals surface area contributed by atoms with Gasteiger partial charge in [-0.1, -0.05) is 32.1 Å². The van der Waals surface area contributed by atoms with Crippen molar-refractivity contribution in [1.29, 1.82) is 0 Å². The first-order valence-electron chi connectivity index (χ1n) is 7.27. The Morgan fingerprint density at radius 2 is 2.15 bits per heavy atom. The van der Waals surface area contributed by atoms with Gasteiger partial charge >= 0.3 is 0 Å². The molecular weight excluding hydrogens is 248 g/mol. The lowest BCUT2D eigenvalue weighted by Crippen LogP contribution is -2.38. The van der Waals surface area contributed by atoms with Crippen LogP contribution in [0.1, 0.15) is 51.5 Å². The van der Waals surface area contributed by atoms with Crippen LogP contribution in [0, 0.1) is 0 Å². The number of nitrogens with two attached hydrogens (primary N) is 1. The summed E-state index contributed by atoms with van der Waals surface area (Å²) in [4.78, 5) is 12.2. The summed E-state index contributed by atoms with van der Waals surface area (Å²) in [5.41, 5.74) is 8.85. The summed E-state index contributed by atoms with van der Waals surface area (Å²) < 4.78 is 0. The van der Waals surface area contributed by atoms with Gasteiger partial charge in [0, 0.05) is 16.8 Å². The summed E-state index contributed by atoms with van der Waals surface area (Å²) >= 11 is 0. The molecule has 1 amide bonds. The third-order valence-electron chi connectivity index (χ3n) is 3.88. The highest BCUT2D eigenvalue weighted by Crippen LogP contribution is 2.26. The van der Waals surface area contributed by atoms with Crippen molar-refractivity contribution in [1.82, 2.24) is 0 Å². The molecule has 3 N–H and O–H groups in total. The van der Waals surface area contributed by atoms with Crippen molar-refractivity contribution >= 4 is 11.6 Å². The van der Waals surface area contributed by atoms with E-state index < -0.39 is 0 Å². The third kappa shape index (κ3) is 3.70. The molecule has 3 heteroatoms. The van der Waals surface area contributed by atoms with E-state index in [0.29, 0.717) is 5.92 Å². The average Bonchev–Trinajstić information content (AvgIpc) is 2.38. The van der Waals surface area contributed by atoms with Crippen LogP contribution in [0.5, 0.6) is 0 Å². The van der Waals surface area contributed by atoms with E-state index in [1.54, 1.807) is 0 Å². The Labute approximate surface area is 121 Å². The first-order chi connectivity index (χ1) is 9.37. The van der Waals surface area contributed by atoms with E-state index >= 15 is 0 Å². The highest BCUT2D eigenvalue weighted by atomic mass is 16.1. The zero-order valence-electron chi connectivity index (χ0n) is 12.6. The number of hydrogen-bond acceptors (Lipinski definition) is 2. The van der Waals surface area contributed by atoms with Crippen molar-refractivity contribution < 1.29 is 4.79 Å². The molecule has 0 saturated heterocycles. The summed E-state index contributed by atoms with van der Waals surface area (Å²) in [6.07, 6.45) is 4.36. The van der Waals surface area contributed by atoms with E-state index in [0.717, 1.165) is 30.5 Å². The van der Waals surface area contributed by atoms with Gasteiger partial charge in [0.1, 0.15) is 0 Å². The van der Waals surface area contributed by atoms with Crippen LogP contribution in [0.4, 0.5) is 5.69 Å². The minimum Gasteiger partial charge on any atom is -0.325 e. The molecule has 0 aliphatic heterocycles. The topological polar surface area (TPSA) is 55.1 Å². The molecule has 108 valence electrons. The van der Waals surface area contributed by atoms with Gasteiger partial charge in [0.2, 0.25) is 0 Å². The van der Waals surface area contributed by atoms with E-state index in [1.165, 1.54) is 5.56 Å². The zero-order chi connectivity index (χ0) is 14.8. The predicted octanol–water partition coefficient (Wildman–Crippen LogP) is 3.58. The van der Waals surface area contributed by atoms with Gasteiger partial charge in [0.15, 0.2) is 0 Å². The van der Waals surface area contributed by atoms with Gasteiger partial charge in [0.05, 0.1) is 0 Å². The van der Waals surface area contributed by atoms with Crippen LogP contribution in [0.3, 0.4) is 0 Å². The van der Waals surface area contributed by atoms with E-state index in [4.69, 9.17) is 5.73 Å². The smallest absolute Gasteiger partial charge is 0.251 e. The van der Waals surface area contributed by atoms with Crippen molar-refractivity contribution in [2.45, 2.75) is 51.5 Å². The first-order valence-corrected chi connectivity index (χ1v) is 7.27. The monoisotopic (exact) mass is 272 g/mol. The number of carbonyl (C=O) groups is 1. The highest BCUT2D eigenvalue weighted by Gasteiger charge is 2.24. The van der Waals surface area contributed by atoms with Gasteiger partial charge in [-0.15, -0.1) is 0 Å². The normalized spacial score (nSPS) is 22.6. The number of carbonyl (C=O) groups excluding carboxylic acids is 1. The van der Waals surface area contributed by atoms with Crippen molar-refractivity contribution in [3.63, 3.8) is 0 Å². The lowest BCUT2D eigenvalue weighted by molar-refractivity contribution is -0.113. The van der Waals surface area contributed by atoms with E-state index in [1.807, 2.05) is 31.2 Å². The zero-order valence-corrected chi connectivity index (χ0v) is 12.6. The van der Waals surface area contributed by atoms with Crippen LogP contribution in [0.2, 0.25) is 0 Å². The SMILES string of the molecule is CC(C)c1cccc(NC(=O)C2=CCC(C)(N)CC2)c1. The Morgan fingerprint density at radius 3 is 2.75 bits per heavy atom. The van der Waals surface area contributed by atoms with E-state index in [-0.39, 0.29) is 11.4 Å². The van der Waals surface area contributed by atoms with E-state index in [9.17, 15) is 4.79 Å². The molecule has 1 aliphatic carbocycles. The molecule has 0 spiro atoms. The Bertz CT molecular complexity index is 530. The van der Waals surface area contributed by atoms with Crippen LogP contribution >= 0.6 is 0 Å². The van der Waals surface area contributed by atoms with Gasteiger partial charge in [-0.2, -0.15) is 0 Å². The molecule has 0 radical (unpaired) electrons. The number of hydrogen-bond donors (Lipinski definition) is 2. The number of nitrogens with one attached hydrogen (secondary N) is 1. The van der Waals surface area contributed by atoms with Crippen LogP contribution in [-0.4, -0.2) is 11.4 Å². The van der Waals surface area contributed by atoms with E-state index in [2.05, 4.69) is 25.2 Å². The second-order valence-electron chi connectivity index (χ2n) is 6.32. The summed E-state index contributed by atoms with van der Waals surface area (Å²) in [5, 5.41) is 2.99. The molecular formula is C17H24N2O. The molecule has 2 rings (SSSR count). The fourth-order valence-corrected chi connectivity index (χ4v) is 2.37. The fraction of sp³-hybridized carbons (Fsp3) is 0.471. The third-order valence-corrected chi connectivity index (χ3v) is 3.88. The fourth-order valence-electron chi connectivity index (χ4n) is 2.37. The minimum atomic E-state index is -0.165. The first kappa shape index (κ1) is 14.8. The number of amides is 1. The molecule has 0 aromatic heterocycles. The van der Waals surface area contributed by atoms with Crippen molar-refractivity contribution in [3.8, 4) is 0 Å². The molecule has 1 unspecified atom stereocenters. The average molecular weight is 272 g/mol. The lowest BCUT2D eigenvalue weighted by atomic mass is 9.85. The lowest BCUT2D eigenvalue weighted by Gasteiger charge is -2.28. The Kier molecular flexibility index (Phi) is 4.29. The molecule has 0 fully saturated rings. The molecule has 0 bridgehead atoms. The number of anilines is 1. The molecule has 20 heavy (non-hydrogen) atoms. The van der Waals surface area contributed by atoms with Crippen LogP contribution in [0.25, 0.3) is 0 Å². The summed E-state index contributed by atoms with van der Waals surface area (Å²) in [5.74, 6) is 0.458. The Hall–Kier alpha value is -1.61. The maximum Gasteiger partial charge on any atom is 0.251 e. The van der Waals surface area contributed by atoms with Crippen LogP contribution in [-0.2, 0) is 4.79 Å². The second kappa shape index (κ2) is 5.80. The second-order valence-corrected chi connectivity index (χ2v) is 6.32. The van der Waals surface area contributed by atoms with Gasteiger partial charge < -0.3 is 11.1 Å². The Morgan fingerprint density at radius 1 is 1.40 bits per heavy atom. The van der Waals surface area contributed by atoms with Gasteiger partial charge in [0.25, 0.3) is 5.91 Å². The summed E-state index contributed by atoms with van der Waals surface area (Å²) in [6.45, 7) is 6.32. The van der Waals surface area contributed by atoms with Gasteiger partial charge in [-0.05, 0) is 49.8 Å². The molecule has 1 aromatic rings.